The number of aromatic nitrogens is 1. The molecule has 11 aromatic rings. The van der Waals surface area contributed by atoms with Crippen LogP contribution in [0.5, 0.6) is 0 Å². The first kappa shape index (κ1) is 53.3. The molecule has 0 bridgehead atoms. The first-order valence-corrected chi connectivity index (χ1v) is 22.9. The SMILES string of the molecule is CCC(C)n1c2ccccc2c2ccccc21.[B]N=P.[K+].[PH2-].[V].c1ccc(N(c2ccc(-c3ccc(N(c4ccccc4)c4cccc5ccccc45)cc3)cc2)c2cccc3ccccc23)cc1. The van der Waals surface area contributed by atoms with Gasteiger partial charge in [-0.2, -0.15) is 0 Å². The topological polar surface area (TPSA) is 23.8 Å². The number of nitrogens with zero attached hydrogens (tertiary/aromatic N) is 4. The molecule has 11 rings (SSSR count). The molecule has 3 radical (unpaired) electrons. The minimum absolute atomic E-state index is 0. The van der Waals surface area contributed by atoms with Crippen molar-refractivity contribution < 1.29 is 69.9 Å². The number of fused-ring (bicyclic) bond motifs is 5. The average molecular weight is 992 g/mol. The first-order chi connectivity index (χ1) is 32.6. The van der Waals surface area contributed by atoms with Gasteiger partial charge in [0.1, 0.15) is 0 Å². The van der Waals surface area contributed by atoms with Crippen molar-refractivity contribution in [3.8, 4) is 11.1 Å². The smallest absolute Gasteiger partial charge is 0.577 e. The maximum absolute atomic E-state index is 4.39. The zero-order valence-electron chi connectivity index (χ0n) is 39.3. The predicted molar refractivity (Wildman–Crippen MR) is 297 cm³/mol. The van der Waals surface area contributed by atoms with Gasteiger partial charge < -0.3 is 28.9 Å². The molecule has 10 aromatic carbocycles. The quantitative estimate of drug-likeness (QED) is 0.106. The summed E-state index contributed by atoms with van der Waals surface area (Å²) in [7, 11) is 6.97. The molecule has 0 saturated carbocycles. The van der Waals surface area contributed by atoms with Gasteiger partial charge in [-0.25, -0.2) is 0 Å². The summed E-state index contributed by atoms with van der Waals surface area (Å²) < 4.78 is 5.27. The van der Waals surface area contributed by atoms with Gasteiger partial charge in [0.2, 0.25) is 0 Å². The Kier molecular flexibility index (Phi) is 19.8. The van der Waals surface area contributed by atoms with Crippen LogP contribution < -0.4 is 61.2 Å². The van der Waals surface area contributed by atoms with E-state index < -0.39 is 0 Å². The Morgan fingerprint density at radius 2 is 0.739 bits per heavy atom. The van der Waals surface area contributed by atoms with Crippen molar-refractivity contribution in [2.45, 2.75) is 26.3 Å². The van der Waals surface area contributed by atoms with Gasteiger partial charge in [0.05, 0.1) is 11.4 Å². The molecule has 69 heavy (non-hydrogen) atoms. The molecule has 1 atom stereocenters. The Hall–Kier alpha value is -5.06. The van der Waals surface area contributed by atoms with E-state index in [1.54, 1.807) is 0 Å². The van der Waals surface area contributed by atoms with Crippen LogP contribution in [0, 0.1) is 0 Å². The third-order valence-electron chi connectivity index (χ3n) is 12.3. The van der Waals surface area contributed by atoms with Gasteiger partial charge in [0.25, 0.3) is 7.98 Å². The maximum atomic E-state index is 4.39. The van der Waals surface area contributed by atoms with Crippen LogP contribution in [0.15, 0.2) is 247 Å². The molecule has 331 valence electrons. The van der Waals surface area contributed by atoms with Crippen LogP contribution in [0.1, 0.15) is 26.3 Å². The molecule has 1 unspecified atom stereocenters. The summed E-state index contributed by atoms with van der Waals surface area (Å²) in [5.74, 6) is 0. The molecule has 0 amide bonds. The van der Waals surface area contributed by atoms with E-state index in [1.807, 2.05) is 0 Å². The van der Waals surface area contributed by atoms with E-state index in [9.17, 15) is 0 Å². The number of hydrogen-bond acceptors (Lipinski definition) is 3. The Bertz CT molecular complexity index is 3140. The van der Waals surface area contributed by atoms with Crippen LogP contribution in [0.2, 0.25) is 0 Å². The van der Waals surface area contributed by atoms with Crippen LogP contribution in [0.3, 0.4) is 0 Å². The van der Waals surface area contributed by atoms with Gasteiger partial charge in [0.15, 0.2) is 0 Å². The zero-order valence-corrected chi connectivity index (χ0v) is 45.9. The molecule has 0 spiro atoms. The maximum Gasteiger partial charge on any atom is 1.00 e. The fourth-order valence-corrected chi connectivity index (χ4v) is 9.03. The molecule has 1 heterocycles. The van der Waals surface area contributed by atoms with E-state index in [-0.39, 0.29) is 79.8 Å². The Balaban J connectivity index is 0.000000285. The molecule has 9 heteroatoms. The summed E-state index contributed by atoms with van der Waals surface area (Å²) in [4.78, 5) is 4.69. The van der Waals surface area contributed by atoms with Crippen LogP contribution >= 0.6 is 18.9 Å². The molecule has 4 nitrogen and oxygen atoms in total. The van der Waals surface area contributed by atoms with Crippen molar-refractivity contribution in [2.75, 3.05) is 9.80 Å². The van der Waals surface area contributed by atoms with Gasteiger partial charge in [-0.3, -0.25) is 0 Å². The van der Waals surface area contributed by atoms with E-state index in [1.165, 1.54) is 54.5 Å². The van der Waals surface area contributed by atoms with Crippen molar-refractivity contribution in [3.63, 3.8) is 0 Å². The molecule has 0 aliphatic heterocycles. The van der Waals surface area contributed by atoms with E-state index in [0.717, 1.165) is 40.5 Å². The van der Waals surface area contributed by atoms with Crippen molar-refractivity contribution in [3.05, 3.63) is 243 Å². The monoisotopic (exact) mass is 991 g/mol. The van der Waals surface area contributed by atoms with E-state index in [0.29, 0.717) is 6.04 Å². The van der Waals surface area contributed by atoms with Crippen molar-refractivity contribution >= 4 is 104 Å². The van der Waals surface area contributed by atoms with E-state index in [2.05, 4.69) is 293 Å². The minimum Gasteiger partial charge on any atom is -0.577 e. The number of anilines is 6. The number of para-hydroxylation sites is 4. The average Bonchev–Trinajstić information content (AvgIpc) is 3.72. The predicted octanol–water partition coefficient (Wildman–Crippen LogP) is 15.1. The molecular formula is C60H52BKN4P2V. The third kappa shape index (κ3) is 11.8. The second kappa shape index (κ2) is 25.7. The van der Waals surface area contributed by atoms with E-state index in [4.69, 9.17) is 0 Å². The molecule has 0 saturated heterocycles. The fraction of sp³-hybridized carbons (Fsp3) is 0.0667. The van der Waals surface area contributed by atoms with Gasteiger partial charge in [0, 0.05) is 79.9 Å². The molecule has 0 fully saturated rings. The zero-order chi connectivity index (χ0) is 45.2. The van der Waals surface area contributed by atoms with Crippen molar-refractivity contribution in [1.29, 1.82) is 0 Å². The summed E-state index contributed by atoms with van der Waals surface area (Å²) >= 11 is 0. The Morgan fingerprint density at radius 1 is 0.435 bits per heavy atom. The Morgan fingerprint density at radius 3 is 1.12 bits per heavy atom. The molecule has 0 aliphatic carbocycles. The van der Waals surface area contributed by atoms with Gasteiger partial charge >= 0.3 is 51.4 Å². The van der Waals surface area contributed by atoms with Gasteiger partial charge in [-0.15, -0.1) is 0 Å². The molecule has 0 N–H and O–H groups in total. The van der Waals surface area contributed by atoms with Crippen molar-refractivity contribution in [1.82, 2.24) is 4.57 Å². The normalized spacial score (nSPS) is 10.8. The first-order valence-electron chi connectivity index (χ1n) is 22.5. The summed E-state index contributed by atoms with van der Waals surface area (Å²) in [6, 6.07) is 87.1. The third-order valence-corrected chi connectivity index (χ3v) is 12.3. The number of hydrogen-bond donors (Lipinski definition) is 0. The summed E-state index contributed by atoms with van der Waals surface area (Å²) in [5.41, 5.74) is 11.9. The summed E-state index contributed by atoms with van der Waals surface area (Å²) in [6.07, 6.45) is 1.16. The molecule has 0 aliphatic rings. The molecular weight excluding hydrogens is 939 g/mol. The molecule has 1 aromatic heterocycles. The van der Waals surface area contributed by atoms with E-state index >= 15 is 0 Å². The summed E-state index contributed by atoms with van der Waals surface area (Å²) in [5, 5.41) is 7.63. The second-order valence-corrected chi connectivity index (χ2v) is 16.5. The standard InChI is InChI=1S/C44H32N2.C16H17N.BHNP.K.H2P.V/c1-3-17-37(18-4-1)45(43-23-11-15-35-13-7-9-21-41(35)43)39-29-25-33(26-30-39)34-27-31-40(32-28-34)46(38-19-5-2-6-20-38)44-24-12-16-36-14-8-10-22-42(36)44;1-3-12(2)17-15-10-6-4-8-13(15)14-9-5-7-11-16(14)17;1-2-3;;;/h1-32H;4-12H,3H2,1-2H3;3H;;1H2;/q;;;+1;-1;. The van der Waals surface area contributed by atoms with Crippen molar-refractivity contribution in [2.24, 2.45) is 4.66 Å². The second-order valence-electron chi connectivity index (χ2n) is 16.2. The minimum atomic E-state index is 0. The van der Waals surface area contributed by atoms with Gasteiger partial charge in [-0.1, -0.05) is 177 Å². The largest absolute Gasteiger partial charge is 1.00 e. The number of rotatable bonds is 9. The van der Waals surface area contributed by atoms with Gasteiger partial charge in [-0.05, 0) is 117 Å². The van der Waals surface area contributed by atoms with Crippen LogP contribution in [0.4, 0.5) is 34.1 Å². The fourth-order valence-electron chi connectivity index (χ4n) is 9.03. The summed E-state index contributed by atoms with van der Waals surface area (Å²) in [6.45, 7) is 4.53. The Labute approximate surface area is 468 Å². The number of benzene rings is 10. The van der Waals surface area contributed by atoms with Crippen LogP contribution in [0.25, 0.3) is 54.5 Å². The van der Waals surface area contributed by atoms with Crippen LogP contribution in [-0.2, 0) is 18.6 Å². The van der Waals surface area contributed by atoms with Crippen LogP contribution in [-0.4, -0.2) is 12.5 Å².